The van der Waals surface area contributed by atoms with E-state index in [1.165, 1.54) is 12.1 Å². The van der Waals surface area contributed by atoms with Crippen molar-refractivity contribution in [3.8, 4) is 5.75 Å². The van der Waals surface area contributed by atoms with Crippen molar-refractivity contribution < 1.29 is 17.9 Å². The Morgan fingerprint density at radius 3 is 2.68 bits per heavy atom. The predicted octanol–water partition coefficient (Wildman–Crippen LogP) is 4.34. The third kappa shape index (κ3) is 4.41. The van der Waals surface area contributed by atoms with Crippen molar-refractivity contribution in [2.45, 2.75) is 25.6 Å². The lowest BCUT2D eigenvalue weighted by molar-refractivity contribution is -0.274. The maximum absolute atomic E-state index is 12.3. The highest BCUT2D eigenvalue weighted by Crippen LogP contribution is 2.33. The van der Waals surface area contributed by atoms with Crippen LogP contribution in [-0.4, -0.2) is 18.7 Å². The molecule has 0 bridgehead atoms. The molecule has 1 aliphatic heterocycles. The Balaban J connectivity index is 2.21. The van der Waals surface area contributed by atoms with Crippen molar-refractivity contribution in [1.29, 1.82) is 0 Å². The molecular weight excluding hydrogens is 325 g/mol. The molecule has 1 N–H and O–H groups in total. The van der Waals surface area contributed by atoms with Crippen LogP contribution in [-0.2, 0) is 0 Å². The summed E-state index contributed by atoms with van der Waals surface area (Å²) in [5.74, 6) is 0.427. The van der Waals surface area contributed by atoms with E-state index in [1.54, 1.807) is 6.07 Å². The number of anilines is 1. The number of rotatable bonds is 2. The molecule has 7 heteroatoms. The molecule has 1 heterocycles. The molecule has 1 aromatic carbocycles. The van der Waals surface area contributed by atoms with E-state index in [0.717, 1.165) is 19.3 Å². The number of hydrogen-bond acceptors (Lipinski definition) is 3. The summed E-state index contributed by atoms with van der Waals surface area (Å²) in [5, 5.41) is 2.90. The van der Waals surface area contributed by atoms with Crippen molar-refractivity contribution in [1.82, 2.24) is 0 Å². The molecule has 0 unspecified atom stereocenters. The molecular formula is C12H12BrF3N2O. The molecule has 0 saturated carbocycles. The largest absolute Gasteiger partial charge is 0.573 e. The summed E-state index contributed by atoms with van der Waals surface area (Å²) in [6, 6.07) is 4.45. The highest BCUT2D eigenvalue weighted by atomic mass is 79.9. The summed E-state index contributed by atoms with van der Waals surface area (Å²) < 4.78 is 41.5. The van der Waals surface area contributed by atoms with Crippen molar-refractivity contribution >= 4 is 27.5 Å². The summed E-state index contributed by atoms with van der Waals surface area (Å²) in [4.78, 5) is 4.24. The number of benzene rings is 1. The van der Waals surface area contributed by atoms with Crippen molar-refractivity contribution in [3.05, 3.63) is 22.7 Å². The van der Waals surface area contributed by atoms with Gasteiger partial charge in [-0.15, -0.1) is 13.2 Å². The van der Waals surface area contributed by atoms with Gasteiger partial charge in [-0.2, -0.15) is 0 Å². The molecule has 3 nitrogen and oxygen atoms in total. The second-order valence-electron chi connectivity index (χ2n) is 4.10. The van der Waals surface area contributed by atoms with Crippen LogP contribution in [0, 0.1) is 0 Å². The van der Waals surface area contributed by atoms with E-state index in [4.69, 9.17) is 0 Å². The third-order valence-electron chi connectivity index (χ3n) is 2.57. The first-order valence-corrected chi connectivity index (χ1v) is 6.59. The van der Waals surface area contributed by atoms with Gasteiger partial charge in [-0.25, -0.2) is 0 Å². The van der Waals surface area contributed by atoms with Gasteiger partial charge in [-0.1, -0.05) is 15.9 Å². The molecule has 0 fully saturated rings. The molecule has 0 radical (unpaired) electrons. The van der Waals surface area contributed by atoms with Gasteiger partial charge in [-0.05, 0) is 31.0 Å². The zero-order valence-electron chi connectivity index (χ0n) is 9.93. The van der Waals surface area contributed by atoms with E-state index in [2.05, 4.69) is 31.0 Å². The number of halogens is 4. The summed E-state index contributed by atoms with van der Waals surface area (Å²) >= 11 is 3.12. The first-order valence-electron chi connectivity index (χ1n) is 5.80. The van der Waals surface area contributed by atoms with Crippen LogP contribution in [0.4, 0.5) is 18.9 Å². The summed E-state index contributed by atoms with van der Waals surface area (Å²) in [5.41, 5.74) is 0.265. The smallest absolute Gasteiger partial charge is 0.404 e. The lowest BCUT2D eigenvalue weighted by Crippen LogP contribution is -2.20. The van der Waals surface area contributed by atoms with Gasteiger partial charge >= 0.3 is 6.36 Å². The molecule has 2 rings (SSSR count). The van der Waals surface area contributed by atoms with Crippen LogP contribution in [0.1, 0.15) is 19.3 Å². The van der Waals surface area contributed by atoms with Crippen LogP contribution in [0.5, 0.6) is 5.75 Å². The molecule has 0 spiro atoms. The maximum atomic E-state index is 12.3. The fourth-order valence-corrected chi connectivity index (χ4v) is 2.10. The Kier molecular flexibility index (Phi) is 4.34. The third-order valence-corrected chi connectivity index (χ3v) is 3.07. The predicted molar refractivity (Wildman–Crippen MR) is 70.6 cm³/mol. The molecule has 104 valence electrons. The van der Waals surface area contributed by atoms with Gasteiger partial charge in [0.15, 0.2) is 5.75 Å². The Hall–Kier alpha value is -1.24. The Morgan fingerprint density at radius 1 is 1.26 bits per heavy atom. The van der Waals surface area contributed by atoms with Crippen LogP contribution in [0.15, 0.2) is 27.7 Å². The SMILES string of the molecule is FC(F)(F)Oc1cc(Br)ccc1NC1=NCCCC1. The quantitative estimate of drug-likeness (QED) is 0.871. The van der Waals surface area contributed by atoms with Gasteiger partial charge in [0.2, 0.25) is 0 Å². The number of alkyl halides is 3. The highest BCUT2D eigenvalue weighted by Gasteiger charge is 2.32. The van der Waals surface area contributed by atoms with Gasteiger partial charge in [0.25, 0.3) is 0 Å². The number of amidine groups is 1. The molecule has 1 aromatic rings. The Morgan fingerprint density at radius 2 is 2.05 bits per heavy atom. The zero-order chi connectivity index (χ0) is 13.9. The standard InChI is InChI=1S/C12H12BrF3N2O/c13-8-4-5-9(10(7-8)19-12(14,15)16)18-11-3-1-2-6-17-11/h4-5,7H,1-3,6H2,(H,17,18). The number of hydrogen-bond donors (Lipinski definition) is 1. The minimum absolute atomic E-state index is 0.265. The topological polar surface area (TPSA) is 33.6 Å². The molecule has 0 aromatic heterocycles. The van der Waals surface area contributed by atoms with Crippen molar-refractivity contribution in [3.63, 3.8) is 0 Å². The summed E-state index contributed by atoms with van der Waals surface area (Å²) in [6.45, 7) is 0.703. The van der Waals surface area contributed by atoms with Crippen LogP contribution in [0.3, 0.4) is 0 Å². The summed E-state index contributed by atoms with van der Waals surface area (Å²) in [6.07, 6.45) is -1.98. The van der Waals surface area contributed by atoms with E-state index in [1.807, 2.05) is 0 Å². The van der Waals surface area contributed by atoms with E-state index < -0.39 is 6.36 Å². The molecule has 19 heavy (non-hydrogen) atoms. The van der Waals surface area contributed by atoms with Crippen molar-refractivity contribution in [2.75, 3.05) is 11.9 Å². The van der Waals surface area contributed by atoms with E-state index >= 15 is 0 Å². The fraction of sp³-hybridized carbons (Fsp3) is 0.417. The second kappa shape index (κ2) is 5.81. The zero-order valence-corrected chi connectivity index (χ0v) is 11.5. The van der Waals surface area contributed by atoms with E-state index in [0.29, 0.717) is 16.9 Å². The lowest BCUT2D eigenvalue weighted by atomic mass is 10.1. The van der Waals surface area contributed by atoms with Crippen LogP contribution >= 0.6 is 15.9 Å². The van der Waals surface area contributed by atoms with Crippen LogP contribution in [0.2, 0.25) is 0 Å². The molecule has 0 atom stereocenters. The van der Waals surface area contributed by atoms with Crippen LogP contribution < -0.4 is 10.1 Å². The molecule has 0 amide bonds. The van der Waals surface area contributed by atoms with Crippen LogP contribution in [0.25, 0.3) is 0 Å². The number of nitrogens with zero attached hydrogens (tertiary/aromatic N) is 1. The molecule has 1 aliphatic rings. The first-order chi connectivity index (χ1) is 8.94. The second-order valence-corrected chi connectivity index (χ2v) is 5.01. The monoisotopic (exact) mass is 336 g/mol. The van der Waals surface area contributed by atoms with Gasteiger partial charge < -0.3 is 10.1 Å². The van der Waals surface area contributed by atoms with Gasteiger partial charge in [-0.3, -0.25) is 4.99 Å². The fourth-order valence-electron chi connectivity index (χ4n) is 1.76. The average Bonchev–Trinajstić information content (AvgIpc) is 2.32. The van der Waals surface area contributed by atoms with E-state index in [9.17, 15) is 13.2 Å². The number of nitrogens with one attached hydrogen (secondary N) is 1. The molecule has 0 aliphatic carbocycles. The number of aliphatic imine (C=N–C) groups is 1. The summed E-state index contributed by atoms with van der Waals surface area (Å²) in [7, 11) is 0. The van der Waals surface area contributed by atoms with E-state index in [-0.39, 0.29) is 11.4 Å². The van der Waals surface area contributed by atoms with Gasteiger partial charge in [0.1, 0.15) is 5.84 Å². The van der Waals surface area contributed by atoms with Gasteiger partial charge in [0, 0.05) is 17.4 Å². The first kappa shape index (κ1) is 14.2. The van der Waals surface area contributed by atoms with Gasteiger partial charge in [0.05, 0.1) is 5.69 Å². The highest BCUT2D eigenvalue weighted by molar-refractivity contribution is 9.10. The van der Waals surface area contributed by atoms with Crippen molar-refractivity contribution in [2.24, 2.45) is 4.99 Å². The normalized spacial score (nSPS) is 15.9. The average molecular weight is 337 g/mol. The minimum Gasteiger partial charge on any atom is -0.404 e. The molecule has 0 saturated heterocycles. The lowest BCUT2D eigenvalue weighted by Gasteiger charge is -2.18. The maximum Gasteiger partial charge on any atom is 0.573 e. The Labute approximate surface area is 117 Å². The minimum atomic E-state index is -4.72. The Bertz CT molecular complexity index is 488. The number of ether oxygens (including phenoxy) is 1.